The summed E-state index contributed by atoms with van der Waals surface area (Å²) in [5.41, 5.74) is 6.55. The summed E-state index contributed by atoms with van der Waals surface area (Å²) in [6.45, 7) is 3.41. The molecular formula is C15H15FN2O3. The second kappa shape index (κ2) is 5.88. The number of halogens is 1. The van der Waals surface area contributed by atoms with Gasteiger partial charge in [0.25, 0.3) is 0 Å². The van der Waals surface area contributed by atoms with Gasteiger partial charge in [0.2, 0.25) is 5.75 Å². The number of nitro benzene ring substituents is 1. The van der Waals surface area contributed by atoms with Crippen LogP contribution >= 0.6 is 0 Å². The van der Waals surface area contributed by atoms with Gasteiger partial charge in [-0.25, -0.2) is 4.39 Å². The monoisotopic (exact) mass is 290 g/mol. The van der Waals surface area contributed by atoms with Crippen LogP contribution in [0.4, 0.5) is 10.1 Å². The predicted octanol–water partition coefficient (Wildman–Crippen LogP) is 3.85. The molecule has 6 heteroatoms. The van der Waals surface area contributed by atoms with Crippen LogP contribution in [0.5, 0.6) is 11.5 Å². The number of benzene rings is 2. The van der Waals surface area contributed by atoms with E-state index in [0.717, 1.165) is 5.56 Å². The quantitative estimate of drug-likeness (QED) is 0.685. The van der Waals surface area contributed by atoms with E-state index in [2.05, 4.69) is 0 Å². The van der Waals surface area contributed by atoms with Crippen LogP contribution in [0.25, 0.3) is 0 Å². The van der Waals surface area contributed by atoms with E-state index >= 15 is 0 Å². The maximum Gasteiger partial charge on any atom is 0.311 e. The van der Waals surface area contributed by atoms with E-state index < -0.39 is 16.8 Å². The maximum atomic E-state index is 13.8. The fraction of sp³-hybridized carbons (Fsp3) is 0.200. The molecule has 0 aliphatic rings. The fourth-order valence-electron chi connectivity index (χ4n) is 2.02. The molecule has 110 valence electrons. The van der Waals surface area contributed by atoms with Crippen molar-refractivity contribution in [3.63, 3.8) is 0 Å². The van der Waals surface area contributed by atoms with Crippen molar-refractivity contribution in [1.82, 2.24) is 0 Å². The number of nitrogens with two attached hydrogens (primary N) is 1. The third-order valence-corrected chi connectivity index (χ3v) is 3.00. The number of nitro groups is 1. The molecule has 0 amide bonds. The lowest BCUT2D eigenvalue weighted by Gasteiger charge is -2.14. The van der Waals surface area contributed by atoms with Gasteiger partial charge >= 0.3 is 5.69 Å². The molecule has 5 nitrogen and oxygen atoms in total. The highest BCUT2D eigenvalue weighted by molar-refractivity contribution is 5.51. The van der Waals surface area contributed by atoms with Crippen molar-refractivity contribution in [3.8, 4) is 11.5 Å². The van der Waals surface area contributed by atoms with Crippen LogP contribution in [-0.2, 0) is 0 Å². The molecule has 21 heavy (non-hydrogen) atoms. The van der Waals surface area contributed by atoms with Crippen LogP contribution in [0.1, 0.15) is 24.1 Å². The summed E-state index contributed by atoms with van der Waals surface area (Å²) >= 11 is 0. The van der Waals surface area contributed by atoms with Gasteiger partial charge in [-0.3, -0.25) is 10.1 Å². The van der Waals surface area contributed by atoms with Crippen LogP contribution < -0.4 is 10.5 Å². The number of nitrogens with zero attached hydrogens (tertiary/aromatic N) is 1. The van der Waals surface area contributed by atoms with Gasteiger partial charge in [-0.2, -0.15) is 0 Å². The minimum atomic E-state index is -0.593. The zero-order valence-electron chi connectivity index (χ0n) is 11.7. The molecule has 1 atom stereocenters. The summed E-state index contributed by atoms with van der Waals surface area (Å²) in [7, 11) is 0. The normalized spacial score (nSPS) is 12.0. The second-order valence-corrected chi connectivity index (χ2v) is 4.77. The first kappa shape index (κ1) is 14.9. The van der Waals surface area contributed by atoms with Crippen LogP contribution in [0.2, 0.25) is 0 Å². The molecule has 0 saturated carbocycles. The summed E-state index contributed by atoms with van der Waals surface area (Å²) in [5, 5.41) is 11.0. The fourth-order valence-corrected chi connectivity index (χ4v) is 2.02. The number of aryl methyl sites for hydroxylation is 1. The molecule has 0 saturated heterocycles. The van der Waals surface area contributed by atoms with Crippen molar-refractivity contribution in [2.24, 2.45) is 5.73 Å². The van der Waals surface area contributed by atoms with Crippen LogP contribution in [0.15, 0.2) is 36.4 Å². The van der Waals surface area contributed by atoms with Crippen molar-refractivity contribution in [2.45, 2.75) is 19.9 Å². The molecule has 0 heterocycles. The highest BCUT2D eigenvalue weighted by Crippen LogP contribution is 2.35. The minimum absolute atomic E-state index is 0.0625. The molecule has 0 fully saturated rings. The van der Waals surface area contributed by atoms with E-state index in [1.54, 1.807) is 19.9 Å². The molecule has 0 aliphatic carbocycles. The standard InChI is InChI=1S/C15H15FN2O3/c1-9-6-7-12(18(19)20)14(8-9)21-13-5-3-4-11(16)15(13)10(2)17/h3-8,10H,17H2,1-2H3/t10-/m0/s1. The largest absolute Gasteiger partial charge is 0.450 e. The van der Waals surface area contributed by atoms with Gasteiger partial charge in [0.1, 0.15) is 11.6 Å². The van der Waals surface area contributed by atoms with Crippen molar-refractivity contribution >= 4 is 5.69 Å². The Hall–Kier alpha value is -2.47. The van der Waals surface area contributed by atoms with Gasteiger partial charge < -0.3 is 10.5 Å². The first-order valence-electron chi connectivity index (χ1n) is 6.37. The third kappa shape index (κ3) is 3.17. The zero-order valence-corrected chi connectivity index (χ0v) is 11.7. The minimum Gasteiger partial charge on any atom is -0.450 e. The summed E-state index contributed by atoms with van der Waals surface area (Å²) in [4.78, 5) is 10.5. The molecule has 0 unspecified atom stereocenters. The number of hydrogen-bond acceptors (Lipinski definition) is 4. The molecule has 2 N–H and O–H groups in total. The topological polar surface area (TPSA) is 78.4 Å². The van der Waals surface area contributed by atoms with Gasteiger partial charge in [-0.1, -0.05) is 12.1 Å². The summed E-state index contributed by atoms with van der Waals surface area (Å²) in [6.07, 6.45) is 0. The molecule has 0 aliphatic heterocycles. The Kier molecular flexibility index (Phi) is 4.18. The SMILES string of the molecule is Cc1ccc([N+](=O)[O-])c(Oc2cccc(F)c2[C@H](C)N)c1. The number of ether oxygens (including phenoxy) is 1. The van der Waals surface area contributed by atoms with Gasteiger partial charge in [-0.15, -0.1) is 0 Å². The first-order valence-corrected chi connectivity index (χ1v) is 6.37. The Morgan fingerprint density at radius 1 is 1.29 bits per heavy atom. The Balaban J connectivity index is 2.50. The van der Waals surface area contributed by atoms with Crippen LogP contribution in [0, 0.1) is 22.9 Å². The summed E-state index contributed by atoms with van der Waals surface area (Å²) in [6, 6.07) is 8.19. The third-order valence-electron chi connectivity index (χ3n) is 3.00. The van der Waals surface area contributed by atoms with Crippen molar-refractivity contribution in [3.05, 3.63) is 63.5 Å². The molecule has 0 spiro atoms. The number of hydrogen-bond donors (Lipinski definition) is 1. The van der Waals surface area contributed by atoms with Crippen molar-refractivity contribution in [1.29, 1.82) is 0 Å². The molecule has 0 bridgehead atoms. The van der Waals surface area contributed by atoms with Gasteiger partial charge in [0.15, 0.2) is 0 Å². The Morgan fingerprint density at radius 3 is 2.62 bits per heavy atom. The van der Waals surface area contributed by atoms with E-state index in [0.29, 0.717) is 0 Å². The van der Waals surface area contributed by atoms with Crippen molar-refractivity contribution < 1.29 is 14.1 Å². The van der Waals surface area contributed by atoms with E-state index in [1.165, 1.54) is 30.3 Å². The lowest BCUT2D eigenvalue weighted by Crippen LogP contribution is -2.09. The average molecular weight is 290 g/mol. The summed E-state index contributed by atoms with van der Waals surface area (Å²) < 4.78 is 19.4. The van der Waals surface area contributed by atoms with E-state index in [9.17, 15) is 14.5 Å². The second-order valence-electron chi connectivity index (χ2n) is 4.77. The summed E-state index contributed by atoms with van der Waals surface area (Å²) in [5.74, 6) is -0.260. The Labute approximate surface area is 121 Å². The predicted molar refractivity (Wildman–Crippen MR) is 76.9 cm³/mol. The van der Waals surface area contributed by atoms with Gasteiger partial charge in [0, 0.05) is 17.7 Å². The van der Waals surface area contributed by atoms with Gasteiger partial charge in [-0.05, 0) is 37.6 Å². The molecule has 2 aromatic carbocycles. The molecule has 2 rings (SSSR count). The lowest BCUT2D eigenvalue weighted by atomic mass is 10.1. The molecular weight excluding hydrogens is 275 g/mol. The van der Waals surface area contributed by atoms with E-state index in [4.69, 9.17) is 10.5 Å². The van der Waals surface area contributed by atoms with Crippen LogP contribution in [0.3, 0.4) is 0 Å². The Morgan fingerprint density at radius 2 is 2.00 bits per heavy atom. The molecule has 0 aromatic heterocycles. The van der Waals surface area contributed by atoms with Crippen LogP contribution in [-0.4, -0.2) is 4.92 Å². The van der Waals surface area contributed by atoms with Gasteiger partial charge in [0.05, 0.1) is 4.92 Å². The highest BCUT2D eigenvalue weighted by atomic mass is 19.1. The van der Waals surface area contributed by atoms with Crippen molar-refractivity contribution in [2.75, 3.05) is 0 Å². The highest BCUT2D eigenvalue weighted by Gasteiger charge is 2.19. The van der Waals surface area contributed by atoms with E-state index in [-0.39, 0.29) is 22.7 Å². The Bertz CT molecular complexity index is 687. The average Bonchev–Trinajstić information content (AvgIpc) is 2.37. The maximum absolute atomic E-state index is 13.8. The zero-order chi connectivity index (χ0) is 15.6. The smallest absolute Gasteiger partial charge is 0.311 e. The lowest BCUT2D eigenvalue weighted by molar-refractivity contribution is -0.385. The molecule has 0 radical (unpaired) electrons. The van der Waals surface area contributed by atoms with E-state index in [1.807, 2.05) is 0 Å². The molecule has 2 aromatic rings. The number of rotatable bonds is 4. The first-order chi connectivity index (χ1) is 9.90.